The Hall–Kier alpha value is -1.40. The number of aryl methyl sites for hydroxylation is 1. The first kappa shape index (κ1) is 14.0. The molecule has 0 aliphatic carbocycles. The summed E-state index contributed by atoms with van der Waals surface area (Å²) in [6, 6.07) is 5.31. The van der Waals surface area contributed by atoms with Gasteiger partial charge in [-0.05, 0) is 37.1 Å². The van der Waals surface area contributed by atoms with Gasteiger partial charge in [0, 0.05) is 23.1 Å². The topological polar surface area (TPSA) is 83.6 Å². The number of carboxylic acid groups (broad SMARTS) is 1. The minimum atomic E-state index is -1.32. The Kier molecular flexibility index (Phi) is 3.64. The van der Waals surface area contributed by atoms with E-state index in [1.54, 1.807) is 12.1 Å². The van der Waals surface area contributed by atoms with Gasteiger partial charge in [-0.1, -0.05) is 15.9 Å². The molecule has 5 nitrogen and oxygen atoms in total. The lowest BCUT2D eigenvalue weighted by atomic mass is 10.0. The molecule has 3 N–H and O–H groups in total. The molecule has 0 aromatic heterocycles. The van der Waals surface area contributed by atoms with Crippen molar-refractivity contribution in [3.05, 3.63) is 33.8 Å². The van der Waals surface area contributed by atoms with Crippen LogP contribution in [0.5, 0.6) is 0 Å². The lowest BCUT2D eigenvalue weighted by molar-refractivity contribution is -0.142. The zero-order valence-corrected chi connectivity index (χ0v) is 12.1. The third kappa shape index (κ3) is 2.64. The number of nitrogens with two attached hydrogens (primary N) is 1. The second-order valence-electron chi connectivity index (χ2n) is 4.90. The molecule has 1 unspecified atom stereocenters. The molecule has 6 heteroatoms. The quantitative estimate of drug-likeness (QED) is 0.860. The summed E-state index contributed by atoms with van der Waals surface area (Å²) in [5, 5.41) is 9.05. The lowest BCUT2D eigenvalue weighted by Crippen LogP contribution is -2.50. The smallest absolute Gasteiger partial charge is 0.325 e. The zero-order valence-electron chi connectivity index (χ0n) is 10.5. The maximum absolute atomic E-state index is 12.3. The number of carbonyl (C=O) groups excluding carboxylic acids is 1. The summed E-state index contributed by atoms with van der Waals surface area (Å²) in [5.41, 5.74) is 5.95. The van der Waals surface area contributed by atoms with Crippen LogP contribution in [0.1, 0.15) is 22.3 Å². The van der Waals surface area contributed by atoms with Crippen molar-refractivity contribution < 1.29 is 14.7 Å². The zero-order chi connectivity index (χ0) is 14.2. The van der Waals surface area contributed by atoms with Crippen molar-refractivity contribution in [2.24, 2.45) is 5.73 Å². The van der Waals surface area contributed by atoms with E-state index in [1.165, 1.54) is 4.90 Å². The molecule has 1 aliphatic heterocycles. The fraction of sp³-hybridized carbons (Fsp3) is 0.385. The second-order valence-corrected chi connectivity index (χ2v) is 5.76. The number of aliphatic carboxylic acids is 1. The summed E-state index contributed by atoms with van der Waals surface area (Å²) in [6.07, 6.45) is 0.281. The van der Waals surface area contributed by atoms with Gasteiger partial charge in [0.25, 0.3) is 5.91 Å². The molecular formula is C13H15BrN2O3. The predicted molar refractivity (Wildman–Crippen MR) is 74.0 cm³/mol. The van der Waals surface area contributed by atoms with Gasteiger partial charge in [-0.3, -0.25) is 9.59 Å². The van der Waals surface area contributed by atoms with Crippen molar-refractivity contribution in [3.8, 4) is 0 Å². The number of carboxylic acids is 1. The molecule has 2 rings (SSSR count). The van der Waals surface area contributed by atoms with Gasteiger partial charge in [0.1, 0.15) is 5.54 Å². The van der Waals surface area contributed by atoms with Crippen molar-refractivity contribution in [1.29, 1.82) is 0 Å². The van der Waals surface area contributed by atoms with Crippen LogP contribution in [0.3, 0.4) is 0 Å². The van der Waals surface area contributed by atoms with Crippen LogP contribution in [0.2, 0.25) is 0 Å². The summed E-state index contributed by atoms with van der Waals surface area (Å²) >= 11 is 3.38. The lowest BCUT2D eigenvalue weighted by Gasteiger charge is -2.20. The number of hydrogen-bond acceptors (Lipinski definition) is 3. The Morgan fingerprint density at radius 3 is 2.68 bits per heavy atom. The minimum absolute atomic E-state index is 0.0519. The van der Waals surface area contributed by atoms with Crippen molar-refractivity contribution in [2.75, 3.05) is 13.1 Å². The van der Waals surface area contributed by atoms with E-state index in [0.717, 1.165) is 10.0 Å². The molecule has 1 amide bonds. The van der Waals surface area contributed by atoms with Gasteiger partial charge in [-0.15, -0.1) is 0 Å². The summed E-state index contributed by atoms with van der Waals surface area (Å²) in [5.74, 6) is -1.24. The normalized spacial score (nSPS) is 22.6. The molecule has 0 radical (unpaired) electrons. The average molecular weight is 327 g/mol. The van der Waals surface area contributed by atoms with Crippen molar-refractivity contribution >= 4 is 27.8 Å². The van der Waals surface area contributed by atoms with Crippen molar-refractivity contribution in [1.82, 2.24) is 4.90 Å². The number of carbonyl (C=O) groups is 2. The van der Waals surface area contributed by atoms with Gasteiger partial charge in [0.05, 0.1) is 0 Å². The summed E-state index contributed by atoms with van der Waals surface area (Å²) < 4.78 is 0.934. The molecule has 19 heavy (non-hydrogen) atoms. The first-order valence-corrected chi connectivity index (χ1v) is 6.70. The summed E-state index contributed by atoms with van der Waals surface area (Å²) in [4.78, 5) is 24.8. The fourth-order valence-corrected chi connectivity index (χ4v) is 2.39. The van der Waals surface area contributed by atoms with E-state index >= 15 is 0 Å². The summed E-state index contributed by atoms with van der Waals surface area (Å²) in [7, 11) is 0. The van der Waals surface area contributed by atoms with Crippen molar-refractivity contribution in [2.45, 2.75) is 18.9 Å². The number of likely N-dealkylation sites (tertiary alicyclic amines) is 1. The van der Waals surface area contributed by atoms with Crippen LogP contribution in [0.4, 0.5) is 0 Å². The third-order valence-corrected chi connectivity index (χ3v) is 4.31. The SMILES string of the molecule is Cc1cc(C(=O)N2CCC(N)(C(=O)O)C2)ccc1Br. The van der Waals surface area contributed by atoms with E-state index in [1.807, 2.05) is 13.0 Å². The van der Waals surface area contributed by atoms with E-state index in [0.29, 0.717) is 12.1 Å². The molecule has 1 heterocycles. The van der Waals surface area contributed by atoms with Crippen LogP contribution < -0.4 is 5.73 Å². The third-order valence-electron chi connectivity index (χ3n) is 3.42. The Morgan fingerprint density at radius 2 is 2.16 bits per heavy atom. The average Bonchev–Trinajstić information content (AvgIpc) is 2.76. The number of amides is 1. The standard InChI is InChI=1S/C13H15BrN2O3/c1-8-6-9(2-3-10(8)14)11(17)16-5-4-13(15,7-16)12(18)19/h2-3,6H,4-5,7,15H2,1H3,(H,18,19). The van der Waals surface area contributed by atoms with Crippen LogP contribution in [0.15, 0.2) is 22.7 Å². The van der Waals surface area contributed by atoms with Gasteiger partial charge < -0.3 is 15.7 Å². The predicted octanol–water partition coefficient (Wildman–Crippen LogP) is 1.39. The van der Waals surface area contributed by atoms with Crippen LogP contribution >= 0.6 is 15.9 Å². The maximum atomic E-state index is 12.3. The molecule has 1 aromatic rings. The highest BCUT2D eigenvalue weighted by atomic mass is 79.9. The highest BCUT2D eigenvalue weighted by Gasteiger charge is 2.43. The Labute approximate surface area is 119 Å². The maximum Gasteiger partial charge on any atom is 0.325 e. The van der Waals surface area contributed by atoms with Gasteiger partial charge in [-0.2, -0.15) is 0 Å². The molecule has 1 aromatic carbocycles. The van der Waals surface area contributed by atoms with E-state index < -0.39 is 11.5 Å². The van der Waals surface area contributed by atoms with Crippen molar-refractivity contribution in [3.63, 3.8) is 0 Å². The van der Waals surface area contributed by atoms with Gasteiger partial charge in [0.15, 0.2) is 0 Å². The van der Waals surface area contributed by atoms with E-state index in [2.05, 4.69) is 15.9 Å². The van der Waals surface area contributed by atoms with Crippen LogP contribution in [-0.4, -0.2) is 40.5 Å². The van der Waals surface area contributed by atoms with Crippen LogP contribution in [-0.2, 0) is 4.79 Å². The molecule has 0 saturated carbocycles. The first-order valence-electron chi connectivity index (χ1n) is 5.91. The largest absolute Gasteiger partial charge is 0.480 e. The number of rotatable bonds is 2. The molecule has 1 aliphatic rings. The molecular weight excluding hydrogens is 312 g/mol. The summed E-state index contributed by atoms with van der Waals surface area (Å²) in [6.45, 7) is 2.32. The first-order chi connectivity index (χ1) is 8.83. The monoisotopic (exact) mass is 326 g/mol. The van der Waals surface area contributed by atoms with Gasteiger partial charge in [0.2, 0.25) is 0 Å². The van der Waals surface area contributed by atoms with Crippen LogP contribution in [0, 0.1) is 6.92 Å². The molecule has 0 spiro atoms. The number of halogens is 1. The van der Waals surface area contributed by atoms with E-state index in [4.69, 9.17) is 10.8 Å². The van der Waals surface area contributed by atoms with Crippen LogP contribution in [0.25, 0.3) is 0 Å². The Bertz CT molecular complexity index is 547. The Balaban J connectivity index is 2.18. The molecule has 102 valence electrons. The van der Waals surface area contributed by atoms with E-state index in [9.17, 15) is 9.59 Å². The molecule has 0 bridgehead atoms. The van der Waals surface area contributed by atoms with Gasteiger partial charge >= 0.3 is 5.97 Å². The second kappa shape index (κ2) is 4.94. The Morgan fingerprint density at radius 1 is 1.47 bits per heavy atom. The minimum Gasteiger partial charge on any atom is -0.480 e. The molecule has 1 fully saturated rings. The fourth-order valence-electron chi connectivity index (χ4n) is 2.14. The molecule has 1 saturated heterocycles. The number of benzene rings is 1. The van der Waals surface area contributed by atoms with Gasteiger partial charge in [-0.25, -0.2) is 0 Å². The molecule has 1 atom stereocenters. The highest BCUT2D eigenvalue weighted by molar-refractivity contribution is 9.10. The number of nitrogens with zero attached hydrogens (tertiary/aromatic N) is 1. The highest BCUT2D eigenvalue weighted by Crippen LogP contribution is 2.23. The van der Waals surface area contributed by atoms with E-state index in [-0.39, 0.29) is 18.9 Å². The number of hydrogen-bond donors (Lipinski definition) is 2.